The van der Waals surface area contributed by atoms with Crippen LogP contribution in [-0.2, 0) is 19.6 Å². The van der Waals surface area contributed by atoms with Gasteiger partial charge in [0.25, 0.3) is 5.56 Å². The van der Waals surface area contributed by atoms with E-state index >= 15 is 0 Å². The zero-order valence-electron chi connectivity index (χ0n) is 20.9. The van der Waals surface area contributed by atoms with E-state index < -0.39 is 11.2 Å². The summed E-state index contributed by atoms with van der Waals surface area (Å²) in [6.07, 6.45) is 1.65. The molecule has 0 saturated heterocycles. The number of benzene rings is 2. The molecule has 0 fully saturated rings. The van der Waals surface area contributed by atoms with Gasteiger partial charge in [0.2, 0.25) is 11.7 Å². The number of hydrogen-bond donors (Lipinski definition) is 2. The van der Waals surface area contributed by atoms with Crippen LogP contribution in [0.15, 0.2) is 68.7 Å². The van der Waals surface area contributed by atoms with Gasteiger partial charge in [0.05, 0.1) is 6.54 Å². The number of nitrogens with two attached hydrogens (primary N) is 1. The fourth-order valence-corrected chi connectivity index (χ4v) is 4.06. The van der Waals surface area contributed by atoms with E-state index in [0.717, 1.165) is 24.0 Å². The van der Waals surface area contributed by atoms with Crippen LogP contribution in [0.3, 0.4) is 0 Å². The highest BCUT2D eigenvalue weighted by Gasteiger charge is 2.22. The smallest absolute Gasteiger partial charge is 0.330 e. The molecule has 0 aliphatic heterocycles. The molecular weight excluding hydrogens is 456 g/mol. The summed E-state index contributed by atoms with van der Waals surface area (Å²) in [6, 6.07) is 17.7. The van der Waals surface area contributed by atoms with Gasteiger partial charge in [-0.1, -0.05) is 86.9 Å². The highest BCUT2D eigenvalue weighted by atomic mass is 16.5. The minimum atomic E-state index is -0.551. The van der Waals surface area contributed by atoms with Gasteiger partial charge < -0.3 is 15.2 Å². The number of hydrogen-bond acceptors (Lipinski definition) is 7. The van der Waals surface area contributed by atoms with Crippen molar-refractivity contribution in [2.45, 2.75) is 59.2 Å². The van der Waals surface area contributed by atoms with Gasteiger partial charge in [0, 0.05) is 18.7 Å². The maximum absolute atomic E-state index is 13.0. The molecule has 0 atom stereocenters. The average Bonchev–Trinajstić information content (AvgIpc) is 3.33. The van der Waals surface area contributed by atoms with Crippen LogP contribution in [0.1, 0.15) is 56.5 Å². The van der Waals surface area contributed by atoms with Crippen LogP contribution >= 0.6 is 0 Å². The van der Waals surface area contributed by atoms with Crippen LogP contribution in [-0.4, -0.2) is 19.7 Å². The van der Waals surface area contributed by atoms with Crippen LogP contribution in [0.4, 0.5) is 11.5 Å². The third-order valence-electron chi connectivity index (χ3n) is 6.11. The molecule has 2 heterocycles. The van der Waals surface area contributed by atoms with Crippen LogP contribution in [0.5, 0.6) is 0 Å². The van der Waals surface area contributed by atoms with Crippen LogP contribution < -0.4 is 21.9 Å². The number of nitrogen functional groups attached to an aromatic ring is 1. The molecule has 0 radical (unpaired) electrons. The number of aromatic nitrogens is 4. The molecular formula is C27H32N6O3. The first kappa shape index (κ1) is 25.0. The first-order valence-corrected chi connectivity index (χ1v) is 12.2. The van der Waals surface area contributed by atoms with Crippen molar-refractivity contribution in [1.29, 1.82) is 0 Å². The topological polar surface area (TPSA) is 123 Å². The van der Waals surface area contributed by atoms with Gasteiger partial charge in [-0.15, -0.1) is 0 Å². The van der Waals surface area contributed by atoms with Crippen molar-refractivity contribution in [1.82, 2.24) is 19.7 Å². The van der Waals surface area contributed by atoms with Crippen LogP contribution in [0, 0.1) is 0 Å². The monoisotopic (exact) mass is 488 g/mol. The molecule has 4 rings (SSSR count). The quantitative estimate of drug-likeness (QED) is 0.341. The summed E-state index contributed by atoms with van der Waals surface area (Å²) in [4.78, 5) is 34.2. The summed E-state index contributed by atoms with van der Waals surface area (Å²) in [5, 5.41) is 4.15. The lowest BCUT2D eigenvalue weighted by molar-refractivity contribution is 0.376. The number of aromatic amines is 1. The Morgan fingerprint density at radius 2 is 1.78 bits per heavy atom. The largest absolute Gasteiger partial charge is 0.383 e. The minimum absolute atomic E-state index is 0.122. The van der Waals surface area contributed by atoms with E-state index in [-0.39, 0.29) is 18.1 Å². The third kappa shape index (κ3) is 5.56. The normalized spacial score (nSPS) is 11.2. The van der Waals surface area contributed by atoms with E-state index in [1.807, 2.05) is 49.4 Å². The molecule has 36 heavy (non-hydrogen) atoms. The van der Waals surface area contributed by atoms with Crippen molar-refractivity contribution in [3.8, 4) is 11.4 Å². The highest BCUT2D eigenvalue weighted by Crippen LogP contribution is 2.24. The number of unbranched alkanes of at least 4 members (excludes halogenated alkanes) is 1. The standard InChI is InChI=1S/C27H32N6O3/c1-4-5-15-33-24(28)23(26(34)30-27(33)35)32(16-19-9-7-6-8-10-19)17-22-29-25(31-36-22)21-13-11-20(12-14-21)18(2)3/h6-14,18H,4-5,15-17,28H2,1-3H3,(H,30,34,35). The molecule has 9 nitrogen and oxygen atoms in total. The molecule has 0 unspecified atom stereocenters. The van der Waals surface area contributed by atoms with E-state index in [0.29, 0.717) is 30.7 Å². The Morgan fingerprint density at radius 1 is 1.06 bits per heavy atom. The van der Waals surface area contributed by atoms with Gasteiger partial charge >= 0.3 is 5.69 Å². The first-order chi connectivity index (χ1) is 17.4. The number of rotatable bonds is 10. The summed E-state index contributed by atoms with van der Waals surface area (Å²) >= 11 is 0. The molecule has 3 N–H and O–H groups in total. The summed E-state index contributed by atoms with van der Waals surface area (Å²) in [5.74, 6) is 1.35. The summed E-state index contributed by atoms with van der Waals surface area (Å²) in [6.45, 7) is 7.23. The Labute approximate surface area is 209 Å². The maximum atomic E-state index is 13.0. The van der Waals surface area contributed by atoms with Gasteiger partial charge in [-0.3, -0.25) is 14.3 Å². The van der Waals surface area contributed by atoms with Gasteiger partial charge in [-0.25, -0.2) is 4.79 Å². The lowest BCUT2D eigenvalue weighted by Gasteiger charge is -2.25. The Bertz CT molecular complexity index is 1400. The summed E-state index contributed by atoms with van der Waals surface area (Å²) < 4.78 is 6.97. The number of nitrogens with one attached hydrogen (secondary N) is 1. The highest BCUT2D eigenvalue weighted by molar-refractivity contribution is 5.62. The molecule has 0 aliphatic carbocycles. The van der Waals surface area contributed by atoms with Crippen molar-refractivity contribution in [3.63, 3.8) is 0 Å². The number of nitrogens with zero attached hydrogens (tertiary/aromatic N) is 4. The van der Waals surface area contributed by atoms with Crippen molar-refractivity contribution in [2.24, 2.45) is 0 Å². The Balaban J connectivity index is 1.69. The summed E-state index contributed by atoms with van der Waals surface area (Å²) in [7, 11) is 0. The van der Waals surface area contributed by atoms with E-state index in [1.54, 1.807) is 4.90 Å². The summed E-state index contributed by atoms with van der Waals surface area (Å²) in [5.41, 5.74) is 8.58. The predicted octanol–water partition coefficient (Wildman–Crippen LogP) is 4.30. The molecule has 9 heteroatoms. The van der Waals surface area contributed by atoms with Gasteiger partial charge in [-0.2, -0.15) is 4.98 Å². The Hall–Kier alpha value is -4.14. The maximum Gasteiger partial charge on any atom is 0.330 e. The second-order valence-electron chi connectivity index (χ2n) is 9.13. The third-order valence-corrected chi connectivity index (χ3v) is 6.11. The zero-order valence-corrected chi connectivity index (χ0v) is 20.9. The molecule has 0 bridgehead atoms. The number of H-pyrrole nitrogens is 1. The van der Waals surface area contributed by atoms with E-state index in [9.17, 15) is 9.59 Å². The van der Waals surface area contributed by atoms with E-state index in [2.05, 4.69) is 41.1 Å². The van der Waals surface area contributed by atoms with Crippen molar-refractivity contribution in [3.05, 3.63) is 92.5 Å². The van der Waals surface area contributed by atoms with E-state index in [1.165, 1.54) is 10.1 Å². The fraction of sp³-hybridized carbons (Fsp3) is 0.333. The first-order valence-electron chi connectivity index (χ1n) is 12.2. The van der Waals surface area contributed by atoms with Crippen LogP contribution in [0.2, 0.25) is 0 Å². The molecule has 0 saturated carbocycles. The molecule has 0 spiro atoms. The molecule has 2 aromatic carbocycles. The lowest BCUT2D eigenvalue weighted by atomic mass is 10.0. The van der Waals surface area contributed by atoms with Gasteiger partial charge in [0.15, 0.2) is 0 Å². The SMILES string of the molecule is CCCCn1c(N)c(N(Cc2ccccc2)Cc2nc(-c3ccc(C(C)C)cc3)no2)c(=O)[nH]c1=O. The number of anilines is 2. The van der Waals surface area contributed by atoms with Crippen LogP contribution in [0.25, 0.3) is 11.4 Å². The van der Waals surface area contributed by atoms with Crippen molar-refractivity contribution in [2.75, 3.05) is 10.6 Å². The average molecular weight is 489 g/mol. The molecule has 0 aliphatic rings. The molecule has 2 aromatic heterocycles. The van der Waals surface area contributed by atoms with E-state index in [4.69, 9.17) is 10.3 Å². The Morgan fingerprint density at radius 3 is 2.44 bits per heavy atom. The second kappa shape index (κ2) is 11.1. The van der Waals surface area contributed by atoms with Crippen molar-refractivity contribution < 1.29 is 4.52 Å². The molecule has 4 aromatic rings. The van der Waals surface area contributed by atoms with Gasteiger partial charge in [-0.05, 0) is 23.5 Å². The molecule has 0 amide bonds. The van der Waals surface area contributed by atoms with Gasteiger partial charge in [0.1, 0.15) is 11.5 Å². The second-order valence-corrected chi connectivity index (χ2v) is 9.13. The predicted molar refractivity (Wildman–Crippen MR) is 141 cm³/mol. The molecule has 188 valence electrons. The zero-order chi connectivity index (χ0) is 25.7. The minimum Gasteiger partial charge on any atom is -0.383 e. The van der Waals surface area contributed by atoms with Crippen molar-refractivity contribution >= 4 is 11.5 Å². The lowest BCUT2D eigenvalue weighted by Crippen LogP contribution is -2.38. The Kier molecular flexibility index (Phi) is 7.68. The fourth-order valence-electron chi connectivity index (χ4n) is 4.06.